The SMILES string of the molecule is CCNC(=O)c1ccc(Cl)cc1NC(=O)C1CCNC1.Cl. The zero-order valence-corrected chi connectivity index (χ0v) is 13.3. The fourth-order valence-electron chi connectivity index (χ4n) is 2.19. The largest absolute Gasteiger partial charge is 0.352 e. The third-order valence-corrected chi connectivity index (χ3v) is 3.49. The first-order valence-electron chi connectivity index (χ1n) is 6.71. The standard InChI is InChI=1S/C14H18ClN3O2.ClH/c1-2-17-14(20)11-4-3-10(15)7-12(11)18-13(19)9-5-6-16-8-9;/h3-4,7,9,16H,2,5-6,8H2,1H3,(H,17,20)(H,18,19);1H. The van der Waals surface area contributed by atoms with Gasteiger partial charge in [-0.1, -0.05) is 11.6 Å². The zero-order chi connectivity index (χ0) is 14.5. The van der Waals surface area contributed by atoms with Crippen LogP contribution in [0.15, 0.2) is 18.2 Å². The van der Waals surface area contributed by atoms with Crippen molar-refractivity contribution in [1.82, 2.24) is 10.6 Å². The highest BCUT2D eigenvalue weighted by Gasteiger charge is 2.23. The van der Waals surface area contributed by atoms with Crippen LogP contribution in [0, 0.1) is 5.92 Å². The molecule has 0 aromatic heterocycles. The molecule has 0 spiro atoms. The number of rotatable bonds is 4. The van der Waals surface area contributed by atoms with E-state index in [1.165, 1.54) is 0 Å². The third-order valence-electron chi connectivity index (χ3n) is 3.25. The van der Waals surface area contributed by atoms with Crippen LogP contribution in [-0.4, -0.2) is 31.4 Å². The molecule has 1 saturated heterocycles. The van der Waals surface area contributed by atoms with E-state index in [0.717, 1.165) is 13.0 Å². The first-order chi connectivity index (χ1) is 9.61. The molecule has 1 aromatic rings. The molecule has 1 aliphatic heterocycles. The molecule has 1 atom stereocenters. The minimum Gasteiger partial charge on any atom is -0.352 e. The number of hydrogen-bond donors (Lipinski definition) is 3. The summed E-state index contributed by atoms with van der Waals surface area (Å²) in [5.41, 5.74) is 0.885. The van der Waals surface area contributed by atoms with E-state index in [1.807, 2.05) is 6.92 Å². The monoisotopic (exact) mass is 331 g/mol. The summed E-state index contributed by atoms with van der Waals surface area (Å²) in [6.07, 6.45) is 0.808. The van der Waals surface area contributed by atoms with Gasteiger partial charge >= 0.3 is 0 Å². The number of halogens is 2. The van der Waals surface area contributed by atoms with Crippen LogP contribution in [0.4, 0.5) is 5.69 Å². The molecule has 3 N–H and O–H groups in total. The van der Waals surface area contributed by atoms with Gasteiger partial charge in [0.15, 0.2) is 0 Å². The third kappa shape index (κ3) is 4.59. The van der Waals surface area contributed by atoms with Crippen molar-refractivity contribution in [3.05, 3.63) is 28.8 Å². The number of benzene rings is 1. The maximum Gasteiger partial charge on any atom is 0.253 e. The highest BCUT2D eigenvalue weighted by molar-refractivity contribution is 6.31. The van der Waals surface area contributed by atoms with Crippen LogP contribution < -0.4 is 16.0 Å². The topological polar surface area (TPSA) is 70.2 Å². The van der Waals surface area contributed by atoms with E-state index in [4.69, 9.17) is 11.6 Å². The van der Waals surface area contributed by atoms with E-state index < -0.39 is 0 Å². The van der Waals surface area contributed by atoms with Gasteiger partial charge in [-0.05, 0) is 38.1 Å². The molecule has 7 heteroatoms. The molecule has 1 heterocycles. The minimum atomic E-state index is -0.219. The maximum atomic E-state index is 12.1. The first kappa shape index (κ1) is 17.8. The molecule has 1 unspecified atom stereocenters. The lowest BCUT2D eigenvalue weighted by molar-refractivity contribution is -0.119. The van der Waals surface area contributed by atoms with Gasteiger partial charge in [-0.3, -0.25) is 9.59 Å². The Morgan fingerprint density at radius 2 is 2.19 bits per heavy atom. The van der Waals surface area contributed by atoms with Crippen molar-refractivity contribution >= 4 is 41.5 Å². The second-order valence-corrected chi connectivity index (χ2v) is 5.16. The van der Waals surface area contributed by atoms with E-state index in [0.29, 0.717) is 29.4 Å². The smallest absolute Gasteiger partial charge is 0.253 e. The lowest BCUT2D eigenvalue weighted by Crippen LogP contribution is -2.28. The van der Waals surface area contributed by atoms with Crippen LogP contribution in [0.25, 0.3) is 0 Å². The van der Waals surface area contributed by atoms with Crippen molar-refractivity contribution in [3.8, 4) is 0 Å². The fraction of sp³-hybridized carbons (Fsp3) is 0.429. The quantitative estimate of drug-likeness (QED) is 0.790. The molecule has 1 fully saturated rings. The van der Waals surface area contributed by atoms with E-state index in [-0.39, 0.29) is 30.1 Å². The Balaban J connectivity index is 0.00000220. The van der Waals surface area contributed by atoms with Crippen molar-refractivity contribution in [2.75, 3.05) is 25.0 Å². The van der Waals surface area contributed by atoms with Gasteiger partial charge in [0.05, 0.1) is 17.2 Å². The summed E-state index contributed by atoms with van der Waals surface area (Å²) >= 11 is 5.95. The van der Waals surface area contributed by atoms with Crippen molar-refractivity contribution in [1.29, 1.82) is 0 Å². The molecular weight excluding hydrogens is 313 g/mol. The molecule has 0 radical (unpaired) electrons. The lowest BCUT2D eigenvalue weighted by atomic mass is 10.1. The molecular formula is C14H19Cl2N3O2. The van der Waals surface area contributed by atoms with Crippen LogP contribution in [0.5, 0.6) is 0 Å². The summed E-state index contributed by atoms with van der Waals surface area (Å²) in [7, 11) is 0. The van der Waals surface area contributed by atoms with Crippen molar-refractivity contribution in [2.45, 2.75) is 13.3 Å². The van der Waals surface area contributed by atoms with Gasteiger partial charge in [-0.25, -0.2) is 0 Å². The number of hydrogen-bond acceptors (Lipinski definition) is 3. The molecule has 0 saturated carbocycles. The van der Waals surface area contributed by atoms with Gasteiger partial charge in [0.2, 0.25) is 5.91 Å². The van der Waals surface area contributed by atoms with Crippen LogP contribution in [0.1, 0.15) is 23.7 Å². The molecule has 1 aliphatic rings. The second kappa shape index (κ2) is 8.22. The predicted octanol–water partition coefficient (Wildman–Crippen LogP) is 2.06. The van der Waals surface area contributed by atoms with E-state index in [1.54, 1.807) is 18.2 Å². The Morgan fingerprint density at radius 1 is 1.43 bits per heavy atom. The lowest BCUT2D eigenvalue weighted by Gasteiger charge is -2.14. The fourth-order valence-corrected chi connectivity index (χ4v) is 2.36. The van der Waals surface area contributed by atoms with Gasteiger partial charge in [-0.2, -0.15) is 0 Å². The summed E-state index contributed by atoms with van der Waals surface area (Å²) < 4.78 is 0. The molecule has 0 aliphatic carbocycles. The highest BCUT2D eigenvalue weighted by atomic mass is 35.5. The van der Waals surface area contributed by atoms with Crippen molar-refractivity contribution in [3.63, 3.8) is 0 Å². The van der Waals surface area contributed by atoms with Gasteiger partial charge in [-0.15, -0.1) is 12.4 Å². The van der Waals surface area contributed by atoms with E-state index in [2.05, 4.69) is 16.0 Å². The average Bonchev–Trinajstić information content (AvgIpc) is 2.93. The van der Waals surface area contributed by atoms with Crippen LogP contribution in [0.2, 0.25) is 5.02 Å². The molecule has 2 amide bonds. The normalized spacial score (nSPS) is 17.0. The Hall–Kier alpha value is -1.30. The van der Waals surface area contributed by atoms with Crippen LogP contribution in [-0.2, 0) is 4.79 Å². The summed E-state index contributed by atoms with van der Waals surface area (Å²) in [5, 5.41) is 9.15. The minimum absolute atomic E-state index is 0. The summed E-state index contributed by atoms with van der Waals surface area (Å²) in [4.78, 5) is 24.1. The molecule has 5 nitrogen and oxygen atoms in total. The molecule has 1 aromatic carbocycles. The molecule has 116 valence electrons. The summed E-state index contributed by atoms with van der Waals surface area (Å²) in [6, 6.07) is 4.86. The number of anilines is 1. The molecule has 2 rings (SSSR count). The Bertz CT molecular complexity index is 517. The second-order valence-electron chi connectivity index (χ2n) is 4.73. The van der Waals surface area contributed by atoms with E-state index >= 15 is 0 Å². The zero-order valence-electron chi connectivity index (χ0n) is 11.7. The van der Waals surface area contributed by atoms with Gasteiger partial charge in [0, 0.05) is 18.1 Å². The van der Waals surface area contributed by atoms with Crippen molar-refractivity contribution in [2.24, 2.45) is 5.92 Å². The summed E-state index contributed by atoms with van der Waals surface area (Å²) in [6.45, 7) is 3.89. The number of nitrogens with one attached hydrogen (secondary N) is 3. The number of amides is 2. The van der Waals surface area contributed by atoms with Crippen LogP contribution in [0.3, 0.4) is 0 Å². The number of carbonyl (C=O) groups is 2. The molecule has 21 heavy (non-hydrogen) atoms. The van der Waals surface area contributed by atoms with Crippen molar-refractivity contribution < 1.29 is 9.59 Å². The summed E-state index contributed by atoms with van der Waals surface area (Å²) in [5.74, 6) is -0.358. The van der Waals surface area contributed by atoms with Gasteiger partial charge < -0.3 is 16.0 Å². The predicted molar refractivity (Wildman–Crippen MR) is 86.3 cm³/mol. The number of carbonyl (C=O) groups excluding carboxylic acids is 2. The Morgan fingerprint density at radius 3 is 2.81 bits per heavy atom. The highest BCUT2D eigenvalue weighted by Crippen LogP contribution is 2.22. The van der Waals surface area contributed by atoms with Crippen LogP contribution >= 0.6 is 24.0 Å². The average molecular weight is 332 g/mol. The van der Waals surface area contributed by atoms with Gasteiger partial charge in [0.1, 0.15) is 0 Å². The Labute approximate surface area is 135 Å². The van der Waals surface area contributed by atoms with E-state index in [9.17, 15) is 9.59 Å². The van der Waals surface area contributed by atoms with Gasteiger partial charge in [0.25, 0.3) is 5.91 Å². The maximum absolute atomic E-state index is 12.1. The molecule has 0 bridgehead atoms. The first-order valence-corrected chi connectivity index (χ1v) is 7.09. The Kier molecular flexibility index (Phi) is 6.95.